The molecule has 20 heavy (non-hydrogen) atoms. The lowest BCUT2D eigenvalue weighted by molar-refractivity contribution is 0.0358. The summed E-state index contributed by atoms with van der Waals surface area (Å²) in [5, 5.41) is 14.3. The van der Waals surface area contributed by atoms with Gasteiger partial charge in [0.25, 0.3) is 0 Å². The number of anilines is 1. The topological polar surface area (TPSA) is 41.5 Å². The maximum atomic E-state index is 13.3. The van der Waals surface area contributed by atoms with Crippen LogP contribution in [0.3, 0.4) is 0 Å². The van der Waals surface area contributed by atoms with Gasteiger partial charge in [-0.3, -0.25) is 0 Å². The fourth-order valence-corrected chi connectivity index (χ4v) is 2.25. The smallest absolute Gasteiger partial charge is 0.146 e. The summed E-state index contributed by atoms with van der Waals surface area (Å²) in [6.45, 7) is 0.649. The number of benzene rings is 1. The Morgan fingerprint density at radius 2 is 2.15 bits per heavy atom. The molecule has 3 nitrogen and oxygen atoms in total. The maximum absolute atomic E-state index is 13.3. The minimum atomic E-state index is -0.794. The van der Waals surface area contributed by atoms with Crippen LogP contribution in [0.5, 0.6) is 0 Å². The van der Waals surface area contributed by atoms with Crippen molar-refractivity contribution in [3.8, 4) is 0 Å². The van der Waals surface area contributed by atoms with Crippen LogP contribution in [0.15, 0.2) is 35.7 Å². The molecule has 0 spiro atoms. The molecule has 1 aromatic heterocycles. The van der Waals surface area contributed by atoms with Gasteiger partial charge in [0.2, 0.25) is 0 Å². The highest BCUT2D eigenvalue weighted by Gasteiger charge is 2.08. The molecule has 0 amide bonds. The Morgan fingerprint density at radius 1 is 1.30 bits per heavy atom. The van der Waals surface area contributed by atoms with Gasteiger partial charge in [-0.25, -0.2) is 8.78 Å². The number of aliphatic hydroxyl groups excluding tert-OH is 1. The number of halogens is 2. The monoisotopic (exact) mass is 299 g/mol. The Balaban J connectivity index is 1.71. The summed E-state index contributed by atoms with van der Waals surface area (Å²) in [6.07, 6.45) is -0.794. The molecule has 0 aliphatic heterocycles. The van der Waals surface area contributed by atoms with E-state index in [0.717, 1.165) is 23.1 Å². The van der Waals surface area contributed by atoms with Crippen molar-refractivity contribution in [1.82, 2.24) is 0 Å². The minimum absolute atomic E-state index is 0.0299. The van der Waals surface area contributed by atoms with E-state index in [1.807, 2.05) is 17.5 Å². The molecule has 2 N–H and O–H groups in total. The third-order valence-corrected chi connectivity index (χ3v) is 3.44. The van der Waals surface area contributed by atoms with Crippen LogP contribution >= 0.6 is 11.3 Å². The van der Waals surface area contributed by atoms with Gasteiger partial charge in [-0.2, -0.15) is 0 Å². The number of nitrogens with one attached hydrogen (secondary N) is 1. The molecule has 2 rings (SSSR count). The summed E-state index contributed by atoms with van der Waals surface area (Å²) < 4.78 is 31.6. The first-order chi connectivity index (χ1) is 9.65. The van der Waals surface area contributed by atoms with Crippen molar-refractivity contribution in [3.05, 3.63) is 52.2 Å². The Morgan fingerprint density at radius 3 is 2.90 bits per heavy atom. The predicted octanol–water partition coefficient (Wildman–Crippen LogP) is 3.02. The first-order valence-electron chi connectivity index (χ1n) is 6.12. The highest BCUT2D eigenvalue weighted by atomic mass is 32.1. The lowest BCUT2D eigenvalue weighted by atomic mass is 10.2. The van der Waals surface area contributed by atoms with Crippen LogP contribution in [0.4, 0.5) is 14.5 Å². The van der Waals surface area contributed by atoms with Crippen LogP contribution in [-0.4, -0.2) is 24.4 Å². The third kappa shape index (κ3) is 4.56. The molecule has 108 valence electrons. The van der Waals surface area contributed by atoms with Crippen molar-refractivity contribution < 1.29 is 18.6 Å². The van der Waals surface area contributed by atoms with Gasteiger partial charge in [0.1, 0.15) is 11.6 Å². The normalized spacial score (nSPS) is 12.3. The number of thiophene rings is 1. The molecular formula is C14H15F2NO2S. The highest BCUT2D eigenvalue weighted by Crippen LogP contribution is 2.15. The molecule has 1 atom stereocenters. The van der Waals surface area contributed by atoms with E-state index in [0.29, 0.717) is 6.61 Å². The van der Waals surface area contributed by atoms with Gasteiger partial charge in [-0.15, -0.1) is 11.3 Å². The van der Waals surface area contributed by atoms with Gasteiger partial charge in [0.15, 0.2) is 0 Å². The molecular weight excluding hydrogens is 284 g/mol. The molecule has 0 saturated heterocycles. The summed E-state index contributed by atoms with van der Waals surface area (Å²) in [7, 11) is 0. The first kappa shape index (κ1) is 14.9. The Kier molecular flexibility index (Phi) is 5.46. The van der Waals surface area contributed by atoms with Crippen LogP contribution in [0.25, 0.3) is 0 Å². The Labute approximate surface area is 119 Å². The van der Waals surface area contributed by atoms with E-state index in [9.17, 15) is 13.9 Å². The van der Waals surface area contributed by atoms with Crippen LogP contribution in [0, 0.1) is 11.6 Å². The fourth-order valence-electron chi connectivity index (χ4n) is 1.61. The van der Waals surface area contributed by atoms with Crippen molar-refractivity contribution >= 4 is 17.0 Å². The largest absolute Gasteiger partial charge is 0.389 e. The van der Waals surface area contributed by atoms with E-state index in [-0.39, 0.29) is 18.8 Å². The van der Waals surface area contributed by atoms with Gasteiger partial charge < -0.3 is 15.2 Å². The zero-order chi connectivity index (χ0) is 14.4. The lowest BCUT2D eigenvalue weighted by Gasteiger charge is -2.13. The molecule has 1 aromatic carbocycles. The van der Waals surface area contributed by atoms with Crippen molar-refractivity contribution in [2.45, 2.75) is 12.7 Å². The van der Waals surface area contributed by atoms with Gasteiger partial charge in [0.05, 0.1) is 25.0 Å². The summed E-state index contributed by atoms with van der Waals surface area (Å²) >= 11 is 1.57. The van der Waals surface area contributed by atoms with Crippen LogP contribution < -0.4 is 5.32 Å². The number of rotatable bonds is 7. The van der Waals surface area contributed by atoms with Crippen molar-refractivity contribution in [2.75, 3.05) is 18.5 Å². The molecule has 0 fully saturated rings. The van der Waals surface area contributed by atoms with E-state index in [1.165, 1.54) is 0 Å². The van der Waals surface area contributed by atoms with E-state index < -0.39 is 17.7 Å². The van der Waals surface area contributed by atoms with E-state index in [4.69, 9.17) is 4.74 Å². The SMILES string of the molecule is OC(CNc1cc(F)ccc1F)COCc1cccs1. The molecule has 0 radical (unpaired) electrons. The van der Waals surface area contributed by atoms with Crippen molar-refractivity contribution in [1.29, 1.82) is 0 Å². The van der Waals surface area contributed by atoms with E-state index >= 15 is 0 Å². The number of hydrogen-bond acceptors (Lipinski definition) is 4. The summed E-state index contributed by atoms with van der Waals surface area (Å²) in [6, 6.07) is 7.00. The summed E-state index contributed by atoms with van der Waals surface area (Å²) in [5.41, 5.74) is 0.0299. The van der Waals surface area contributed by atoms with Gasteiger partial charge in [-0.05, 0) is 29.6 Å². The molecule has 0 bridgehead atoms. The van der Waals surface area contributed by atoms with Gasteiger partial charge in [0, 0.05) is 11.4 Å². The first-order valence-corrected chi connectivity index (χ1v) is 7.00. The summed E-state index contributed by atoms with van der Waals surface area (Å²) in [4.78, 5) is 1.07. The lowest BCUT2D eigenvalue weighted by Crippen LogP contribution is -2.25. The highest BCUT2D eigenvalue weighted by molar-refractivity contribution is 7.09. The zero-order valence-electron chi connectivity index (χ0n) is 10.7. The second kappa shape index (κ2) is 7.33. The molecule has 0 saturated carbocycles. The molecule has 2 aromatic rings. The molecule has 0 aliphatic rings. The molecule has 1 unspecified atom stereocenters. The van der Waals surface area contributed by atoms with E-state index in [1.54, 1.807) is 11.3 Å². The molecule has 6 heteroatoms. The Hall–Kier alpha value is -1.50. The van der Waals surface area contributed by atoms with Gasteiger partial charge in [-0.1, -0.05) is 6.07 Å². The van der Waals surface area contributed by atoms with Crippen LogP contribution in [-0.2, 0) is 11.3 Å². The molecule has 0 aliphatic carbocycles. The number of ether oxygens (including phenoxy) is 1. The fraction of sp³-hybridized carbons (Fsp3) is 0.286. The number of aliphatic hydroxyl groups is 1. The third-order valence-electron chi connectivity index (χ3n) is 2.59. The van der Waals surface area contributed by atoms with Crippen molar-refractivity contribution in [2.24, 2.45) is 0 Å². The van der Waals surface area contributed by atoms with E-state index in [2.05, 4.69) is 5.32 Å². The predicted molar refractivity (Wildman–Crippen MR) is 74.8 cm³/mol. The van der Waals surface area contributed by atoms with Crippen LogP contribution in [0.1, 0.15) is 4.88 Å². The van der Waals surface area contributed by atoms with Crippen LogP contribution in [0.2, 0.25) is 0 Å². The Bertz CT molecular complexity index is 534. The van der Waals surface area contributed by atoms with Crippen molar-refractivity contribution in [3.63, 3.8) is 0 Å². The second-order valence-electron chi connectivity index (χ2n) is 4.25. The number of hydrogen-bond donors (Lipinski definition) is 2. The standard InChI is InChI=1S/C14H15F2NO2S/c15-10-3-4-13(16)14(6-10)17-7-11(18)8-19-9-12-2-1-5-20-12/h1-6,11,17-18H,7-9H2. The van der Waals surface area contributed by atoms with Gasteiger partial charge >= 0.3 is 0 Å². The summed E-state index contributed by atoms with van der Waals surface area (Å²) in [5.74, 6) is -1.09. The molecule has 1 heterocycles. The average Bonchev–Trinajstić information content (AvgIpc) is 2.93. The average molecular weight is 299 g/mol. The minimum Gasteiger partial charge on any atom is -0.389 e. The quantitative estimate of drug-likeness (QED) is 0.826. The maximum Gasteiger partial charge on any atom is 0.146 e. The second-order valence-corrected chi connectivity index (χ2v) is 5.29. The zero-order valence-corrected chi connectivity index (χ0v) is 11.5.